The molecule has 1 aliphatic heterocycles. The standard InChI is InChI=1S/C36H48N4O7S/c1-25-14-17-31(18-15-25)48(44,45)38-30-16-19-33-32(21-30)35(42)40(27(3)24-41)22-26(2)34(46-20-10-9-11-28(4)47-33)23-39(5)36(43)37-29-12-7-6-8-13-29/h6-8,12-19,21,26-28,34,38,41H,9-11,20,22-24H2,1-5H3,(H,37,43)/t26-,27+,28-,34-/m0/s1. The highest BCUT2D eigenvalue weighted by Crippen LogP contribution is 2.29. The molecule has 0 aliphatic carbocycles. The fourth-order valence-electron chi connectivity index (χ4n) is 5.47. The van der Waals surface area contributed by atoms with Gasteiger partial charge in [-0.25, -0.2) is 13.2 Å². The molecule has 3 aromatic rings. The predicted octanol–water partition coefficient (Wildman–Crippen LogP) is 5.76. The maximum absolute atomic E-state index is 14.4. The number of urea groups is 1. The van der Waals surface area contributed by atoms with E-state index >= 15 is 0 Å². The van der Waals surface area contributed by atoms with Crippen LogP contribution in [0.4, 0.5) is 16.2 Å². The maximum atomic E-state index is 14.4. The third-order valence-electron chi connectivity index (χ3n) is 8.46. The molecule has 12 heteroatoms. The van der Waals surface area contributed by atoms with Crippen LogP contribution in [0.25, 0.3) is 0 Å². The molecular formula is C36H48N4O7S. The lowest BCUT2D eigenvalue weighted by atomic mass is 10.0. The summed E-state index contributed by atoms with van der Waals surface area (Å²) in [5, 5.41) is 13.1. The van der Waals surface area contributed by atoms with E-state index in [-0.39, 0.29) is 53.9 Å². The Labute approximate surface area is 284 Å². The molecule has 11 nitrogen and oxygen atoms in total. The second kappa shape index (κ2) is 16.8. The van der Waals surface area contributed by atoms with E-state index in [9.17, 15) is 23.1 Å². The van der Waals surface area contributed by atoms with Crippen molar-refractivity contribution in [3.05, 3.63) is 83.9 Å². The van der Waals surface area contributed by atoms with Gasteiger partial charge in [-0.3, -0.25) is 9.52 Å². The average molecular weight is 681 g/mol. The van der Waals surface area contributed by atoms with Crippen molar-refractivity contribution in [3.8, 4) is 5.75 Å². The lowest BCUT2D eigenvalue weighted by molar-refractivity contribution is -0.0115. The number of para-hydroxylation sites is 1. The van der Waals surface area contributed by atoms with Crippen molar-refractivity contribution in [1.82, 2.24) is 9.80 Å². The van der Waals surface area contributed by atoms with Crippen LogP contribution in [0.3, 0.4) is 0 Å². The average Bonchev–Trinajstić information content (AvgIpc) is 3.06. The summed E-state index contributed by atoms with van der Waals surface area (Å²) in [6, 6.07) is 19.5. The molecule has 0 saturated heterocycles. The van der Waals surface area contributed by atoms with Crippen molar-refractivity contribution < 1.29 is 32.6 Å². The van der Waals surface area contributed by atoms with Crippen molar-refractivity contribution in [2.75, 3.05) is 43.4 Å². The van der Waals surface area contributed by atoms with Crippen molar-refractivity contribution in [2.24, 2.45) is 5.92 Å². The van der Waals surface area contributed by atoms with Gasteiger partial charge in [-0.05, 0) is 82.5 Å². The molecule has 0 bridgehead atoms. The molecule has 260 valence electrons. The van der Waals surface area contributed by atoms with Gasteiger partial charge in [0.05, 0.1) is 35.3 Å². The minimum Gasteiger partial charge on any atom is -0.490 e. The Kier molecular flexibility index (Phi) is 12.9. The monoisotopic (exact) mass is 680 g/mol. The number of benzene rings is 3. The summed E-state index contributed by atoms with van der Waals surface area (Å²) in [4.78, 5) is 30.6. The first kappa shape index (κ1) is 36.7. The highest BCUT2D eigenvalue weighted by molar-refractivity contribution is 7.92. The molecule has 3 N–H and O–H groups in total. The van der Waals surface area contributed by atoms with Crippen molar-refractivity contribution >= 4 is 33.3 Å². The number of rotatable bonds is 8. The number of carbonyl (C=O) groups is 2. The van der Waals surface area contributed by atoms with Gasteiger partial charge in [0.25, 0.3) is 15.9 Å². The zero-order chi connectivity index (χ0) is 34.8. The number of aliphatic hydroxyl groups is 1. The van der Waals surface area contributed by atoms with Gasteiger partial charge in [0, 0.05) is 44.0 Å². The number of ether oxygens (including phenoxy) is 2. The Morgan fingerprint density at radius 3 is 2.44 bits per heavy atom. The van der Waals surface area contributed by atoms with Gasteiger partial charge in [0.1, 0.15) is 5.75 Å². The van der Waals surface area contributed by atoms with Gasteiger partial charge in [-0.2, -0.15) is 0 Å². The number of carbonyl (C=O) groups excluding carboxylic acids is 2. The second-order valence-corrected chi connectivity index (χ2v) is 14.3. The highest BCUT2D eigenvalue weighted by atomic mass is 32.2. The third kappa shape index (κ3) is 9.94. The summed E-state index contributed by atoms with van der Waals surface area (Å²) in [5.41, 5.74) is 1.99. The largest absolute Gasteiger partial charge is 0.490 e. The summed E-state index contributed by atoms with van der Waals surface area (Å²) in [5.74, 6) is -0.340. The van der Waals surface area contributed by atoms with Gasteiger partial charge in [-0.1, -0.05) is 42.8 Å². The number of sulfonamides is 1. The minimum atomic E-state index is -3.93. The van der Waals surface area contributed by atoms with Crippen LogP contribution in [0.5, 0.6) is 5.75 Å². The molecule has 1 aliphatic rings. The van der Waals surface area contributed by atoms with Gasteiger partial charge >= 0.3 is 6.03 Å². The first-order valence-corrected chi connectivity index (χ1v) is 17.9. The second-order valence-electron chi connectivity index (χ2n) is 12.6. The molecule has 0 aromatic heterocycles. The number of aryl methyl sites for hydroxylation is 1. The number of amides is 3. The molecule has 1 heterocycles. The first-order valence-electron chi connectivity index (χ1n) is 16.4. The quantitative estimate of drug-likeness (QED) is 0.275. The number of nitrogens with one attached hydrogen (secondary N) is 2. The van der Waals surface area contributed by atoms with Crippen molar-refractivity contribution in [1.29, 1.82) is 0 Å². The lowest BCUT2D eigenvalue weighted by Crippen LogP contribution is -2.48. The van der Waals surface area contributed by atoms with Crippen LogP contribution in [0.15, 0.2) is 77.7 Å². The number of nitrogens with zero attached hydrogens (tertiary/aromatic N) is 2. The Bertz CT molecular complexity index is 1620. The van der Waals surface area contributed by atoms with E-state index < -0.39 is 28.1 Å². The van der Waals surface area contributed by atoms with Crippen LogP contribution in [0, 0.1) is 12.8 Å². The van der Waals surface area contributed by atoms with E-state index in [1.54, 1.807) is 48.0 Å². The van der Waals surface area contributed by atoms with Gasteiger partial charge < -0.3 is 29.7 Å². The number of fused-ring (bicyclic) bond motifs is 1. The van der Waals surface area contributed by atoms with Crippen LogP contribution in [-0.4, -0.2) is 86.9 Å². The zero-order valence-electron chi connectivity index (χ0n) is 28.4. The topological polar surface area (TPSA) is 138 Å². The van der Waals surface area contributed by atoms with E-state index in [1.165, 1.54) is 18.2 Å². The van der Waals surface area contributed by atoms with Crippen LogP contribution < -0.4 is 14.8 Å². The molecule has 0 unspecified atom stereocenters. The zero-order valence-corrected chi connectivity index (χ0v) is 29.2. The molecule has 0 radical (unpaired) electrons. The van der Waals surface area contributed by atoms with Crippen LogP contribution in [-0.2, 0) is 14.8 Å². The first-order chi connectivity index (χ1) is 22.9. The number of hydrogen-bond acceptors (Lipinski definition) is 7. The lowest BCUT2D eigenvalue weighted by Gasteiger charge is -2.35. The Morgan fingerprint density at radius 1 is 1.04 bits per heavy atom. The smallest absolute Gasteiger partial charge is 0.321 e. The van der Waals surface area contributed by atoms with Crippen LogP contribution >= 0.6 is 0 Å². The summed E-state index contributed by atoms with van der Waals surface area (Å²) in [6.45, 7) is 8.15. The fourth-order valence-corrected chi connectivity index (χ4v) is 6.52. The Hall–Kier alpha value is -4.13. The van der Waals surface area contributed by atoms with E-state index in [0.717, 1.165) is 18.4 Å². The predicted molar refractivity (Wildman–Crippen MR) is 187 cm³/mol. The van der Waals surface area contributed by atoms with E-state index in [0.29, 0.717) is 24.5 Å². The Balaban J connectivity index is 1.63. The SMILES string of the molecule is Cc1ccc(S(=O)(=O)Nc2ccc3c(c2)C(=O)N([C@H](C)CO)C[C@H](C)[C@H](CN(C)C(=O)Nc2ccccc2)OCCCC[C@H](C)O3)cc1. The third-order valence-corrected chi connectivity index (χ3v) is 9.86. The molecule has 48 heavy (non-hydrogen) atoms. The summed E-state index contributed by atoms with van der Waals surface area (Å²) < 4.78 is 41.6. The molecule has 0 spiro atoms. The minimum absolute atomic E-state index is 0.0993. The fraction of sp³-hybridized carbons (Fsp3) is 0.444. The van der Waals surface area contributed by atoms with E-state index in [1.807, 2.05) is 51.1 Å². The molecule has 4 atom stereocenters. The molecule has 4 rings (SSSR count). The van der Waals surface area contributed by atoms with Gasteiger partial charge in [0.2, 0.25) is 0 Å². The maximum Gasteiger partial charge on any atom is 0.321 e. The molecule has 0 fully saturated rings. The highest BCUT2D eigenvalue weighted by Gasteiger charge is 2.31. The summed E-state index contributed by atoms with van der Waals surface area (Å²) >= 11 is 0. The number of aliphatic hydroxyl groups excluding tert-OH is 1. The van der Waals surface area contributed by atoms with Gasteiger partial charge in [-0.15, -0.1) is 0 Å². The van der Waals surface area contributed by atoms with Crippen molar-refractivity contribution in [3.63, 3.8) is 0 Å². The summed E-state index contributed by atoms with van der Waals surface area (Å²) in [7, 11) is -2.23. The number of likely N-dealkylation sites (N-methyl/N-ethyl adjacent to an activating group) is 1. The molecular weight excluding hydrogens is 632 g/mol. The number of anilines is 2. The van der Waals surface area contributed by atoms with Crippen LogP contribution in [0.1, 0.15) is 56.0 Å². The molecule has 3 amide bonds. The number of hydrogen-bond donors (Lipinski definition) is 3. The molecule has 3 aromatic carbocycles. The molecule has 0 saturated carbocycles. The normalized spacial score (nSPS) is 20.1. The van der Waals surface area contributed by atoms with Crippen molar-refractivity contribution in [2.45, 2.75) is 70.1 Å². The van der Waals surface area contributed by atoms with E-state index in [4.69, 9.17) is 9.47 Å². The van der Waals surface area contributed by atoms with Crippen LogP contribution in [0.2, 0.25) is 0 Å². The summed E-state index contributed by atoms with van der Waals surface area (Å²) in [6.07, 6.45) is 1.65. The van der Waals surface area contributed by atoms with E-state index in [2.05, 4.69) is 10.0 Å². The van der Waals surface area contributed by atoms with Gasteiger partial charge in [0.15, 0.2) is 0 Å². The Morgan fingerprint density at radius 2 is 1.75 bits per heavy atom.